The first-order valence-corrected chi connectivity index (χ1v) is 8.58. The van der Waals surface area contributed by atoms with E-state index in [1.165, 1.54) is 30.3 Å². The van der Waals surface area contributed by atoms with E-state index in [0.717, 1.165) is 0 Å². The van der Waals surface area contributed by atoms with Crippen molar-refractivity contribution in [2.75, 3.05) is 42.9 Å². The molecule has 1 heterocycles. The average molecular weight is 379 g/mol. The quantitative estimate of drug-likeness (QED) is 0.837. The van der Waals surface area contributed by atoms with Crippen LogP contribution < -0.4 is 15.0 Å². The number of amides is 1. The fourth-order valence-corrected chi connectivity index (χ4v) is 2.98. The first-order valence-electron chi connectivity index (χ1n) is 8.58. The van der Waals surface area contributed by atoms with Gasteiger partial charge in [-0.2, -0.15) is 8.78 Å². The molecule has 0 unspecified atom stereocenters. The fourth-order valence-electron chi connectivity index (χ4n) is 2.98. The van der Waals surface area contributed by atoms with Crippen molar-refractivity contribution in [3.05, 3.63) is 54.3 Å². The highest BCUT2D eigenvalue weighted by Crippen LogP contribution is 2.20. The number of para-hydroxylation sites is 1. The molecule has 0 saturated carbocycles. The van der Waals surface area contributed by atoms with Gasteiger partial charge in [-0.3, -0.25) is 9.69 Å². The van der Waals surface area contributed by atoms with Crippen LogP contribution >= 0.6 is 0 Å². The van der Waals surface area contributed by atoms with Gasteiger partial charge < -0.3 is 15.0 Å². The van der Waals surface area contributed by atoms with Gasteiger partial charge in [0.2, 0.25) is 5.91 Å². The number of piperazine rings is 1. The summed E-state index contributed by atoms with van der Waals surface area (Å²) in [4.78, 5) is 16.1. The van der Waals surface area contributed by atoms with Crippen LogP contribution in [-0.4, -0.2) is 50.1 Å². The normalized spacial score (nSPS) is 15.0. The number of hydrogen-bond donors (Lipinski definition) is 1. The van der Waals surface area contributed by atoms with Crippen molar-refractivity contribution >= 4 is 17.3 Å². The molecule has 0 atom stereocenters. The highest BCUT2D eigenvalue weighted by molar-refractivity contribution is 5.92. The van der Waals surface area contributed by atoms with Crippen molar-refractivity contribution in [2.24, 2.45) is 0 Å². The van der Waals surface area contributed by atoms with Crippen LogP contribution in [0.4, 0.5) is 24.5 Å². The largest absolute Gasteiger partial charge is 0.435 e. The summed E-state index contributed by atoms with van der Waals surface area (Å²) in [6.07, 6.45) is 0. The van der Waals surface area contributed by atoms with Crippen LogP contribution in [0.2, 0.25) is 0 Å². The number of carbonyl (C=O) groups excluding carboxylic acids is 1. The number of halogens is 3. The van der Waals surface area contributed by atoms with Gasteiger partial charge in [-0.25, -0.2) is 4.39 Å². The SMILES string of the molecule is O=C(CN1CCN(c2ccccc2F)CC1)Nc1ccc(OC(F)F)cc1. The molecule has 27 heavy (non-hydrogen) atoms. The van der Waals surface area contributed by atoms with Crippen molar-refractivity contribution in [1.29, 1.82) is 0 Å². The Morgan fingerprint density at radius 2 is 1.70 bits per heavy atom. The lowest BCUT2D eigenvalue weighted by molar-refractivity contribution is -0.117. The molecule has 1 aliphatic heterocycles. The molecular weight excluding hydrogens is 359 g/mol. The van der Waals surface area contributed by atoms with E-state index < -0.39 is 6.61 Å². The Labute approximate surface area is 155 Å². The summed E-state index contributed by atoms with van der Waals surface area (Å²) in [6, 6.07) is 12.4. The van der Waals surface area contributed by atoms with Crippen LogP contribution in [0.1, 0.15) is 0 Å². The number of hydrogen-bond acceptors (Lipinski definition) is 4. The van der Waals surface area contributed by atoms with Gasteiger partial charge in [-0.15, -0.1) is 0 Å². The molecule has 1 saturated heterocycles. The third-order valence-electron chi connectivity index (χ3n) is 4.30. The number of anilines is 2. The Morgan fingerprint density at radius 1 is 1.04 bits per heavy atom. The van der Waals surface area contributed by atoms with Gasteiger partial charge in [-0.1, -0.05) is 12.1 Å². The molecule has 144 valence electrons. The van der Waals surface area contributed by atoms with Crippen LogP contribution in [-0.2, 0) is 4.79 Å². The molecule has 0 bridgehead atoms. The predicted molar refractivity (Wildman–Crippen MR) is 96.8 cm³/mol. The van der Waals surface area contributed by atoms with Crippen molar-refractivity contribution in [3.63, 3.8) is 0 Å². The second-order valence-corrected chi connectivity index (χ2v) is 6.17. The number of nitrogens with one attached hydrogen (secondary N) is 1. The zero-order chi connectivity index (χ0) is 19.2. The summed E-state index contributed by atoms with van der Waals surface area (Å²) in [5.74, 6) is -0.410. The fraction of sp³-hybridized carbons (Fsp3) is 0.316. The maximum absolute atomic E-state index is 13.9. The molecule has 0 radical (unpaired) electrons. The maximum Gasteiger partial charge on any atom is 0.387 e. The minimum Gasteiger partial charge on any atom is -0.435 e. The van der Waals surface area contributed by atoms with E-state index in [1.54, 1.807) is 18.2 Å². The van der Waals surface area contributed by atoms with Crippen LogP contribution in [0.15, 0.2) is 48.5 Å². The van der Waals surface area contributed by atoms with Gasteiger partial charge >= 0.3 is 6.61 Å². The van der Waals surface area contributed by atoms with Crippen molar-refractivity contribution in [2.45, 2.75) is 6.61 Å². The summed E-state index contributed by atoms with van der Waals surface area (Å²) in [6.45, 7) is -0.123. The van der Waals surface area contributed by atoms with Gasteiger partial charge in [0, 0.05) is 31.9 Å². The number of alkyl halides is 2. The topological polar surface area (TPSA) is 44.8 Å². The zero-order valence-electron chi connectivity index (χ0n) is 14.6. The van der Waals surface area contributed by atoms with E-state index in [1.807, 2.05) is 9.80 Å². The Morgan fingerprint density at radius 3 is 2.33 bits per heavy atom. The maximum atomic E-state index is 13.9. The van der Waals surface area contributed by atoms with Crippen LogP contribution in [0.25, 0.3) is 0 Å². The lowest BCUT2D eigenvalue weighted by atomic mass is 10.2. The number of benzene rings is 2. The molecule has 5 nitrogen and oxygen atoms in total. The smallest absolute Gasteiger partial charge is 0.387 e. The van der Waals surface area contributed by atoms with Gasteiger partial charge in [-0.05, 0) is 36.4 Å². The highest BCUT2D eigenvalue weighted by Gasteiger charge is 2.20. The Kier molecular flexibility index (Phi) is 6.18. The zero-order valence-corrected chi connectivity index (χ0v) is 14.6. The minimum atomic E-state index is -2.88. The molecule has 1 fully saturated rings. The number of nitrogens with zero attached hydrogens (tertiary/aromatic N) is 2. The molecule has 2 aromatic carbocycles. The molecule has 0 spiro atoms. The predicted octanol–water partition coefficient (Wildman–Crippen LogP) is 3.19. The lowest BCUT2D eigenvalue weighted by Crippen LogP contribution is -2.48. The van der Waals surface area contributed by atoms with E-state index in [0.29, 0.717) is 37.6 Å². The Hall–Kier alpha value is -2.74. The standard InChI is InChI=1S/C19H20F3N3O2/c20-16-3-1-2-4-17(16)25-11-9-24(10-12-25)13-18(26)23-14-5-7-15(8-6-14)27-19(21)22/h1-8,19H,9-13H2,(H,23,26). The summed E-state index contributed by atoms with van der Waals surface area (Å²) in [5.41, 5.74) is 1.08. The number of rotatable bonds is 6. The summed E-state index contributed by atoms with van der Waals surface area (Å²) >= 11 is 0. The van der Waals surface area contributed by atoms with E-state index in [-0.39, 0.29) is 24.0 Å². The highest BCUT2D eigenvalue weighted by atomic mass is 19.3. The van der Waals surface area contributed by atoms with Crippen LogP contribution in [0.5, 0.6) is 5.75 Å². The molecule has 3 rings (SSSR count). The lowest BCUT2D eigenvalue weighted by Gasteiger charge is -2.35. The summed E-state index contributed by atoms with van der Waals surface area (Å²) in [7, 11) is 0. The molecule has 1 amide bonds. The first kappa shape index (κ1) is 19.0. The minimum absolute atomic E-state index is 0.0345. The van der Waals surface area contributed by atoms with E-state index in [2.05, 4.69) is 10.1 Å². The van der Waals surface area contributed by atoms with Gasteiger partial charge in [0.25, 0.3) is 0 Å². The van der Waals surface area contributed by atoms with Crippen molar-refractivity contribution < 1.29 is 22.7 Å². The molecule has 8 heteroatoms. The average Bonchev–Trinajstić information content (AvgIpc) is 2.64. The monoisotopic (exact) mass is 379 g/mol. The molecule has 1 N–H and O–H groups in total. The van der Waals surface area contributed by atoms with E-state index in [9.17, 15) is 18.0 Å². The van der Waals surface area contributed by atoms with Crippen molar-refractivity contribution in [3.8, 4) is 5.75 Å². The molecule has 1 aliphatic rings. The number of carbonyl (C=O) groups is 1. The van der Waals surface area contributed by atoms with Crippen LogP contribution in [0, 0.1) is 5.82 Å². The number of ether oxygens (including phenoxy) is 1. The second kappa shape index (κ2) is 8.77. The third-order valence-corrected chi connectivity index (χ3v) is 4.30. The van der Waals surface area contributed by atoms with Crippen LogP contribution in [0.3, 0.4) is 0 Å². The van der Waals surface area contributed by atoms with E-state index in [4.69, 9.17) is 0 Å². The van der Waals surface area contributed by atoms with Gasteiger partial charge in [0.15, 0.2) is 0 Å². The molecule has 0 aromatic heterocycles. The summed E-state index contributed by atoms with van der Waals surface area (Å²) in [5, 5.41) is 2.72. The van der Waals surface area contributed by atoms with E-state index >= 15 is 0 Å². The first-order chi connectivity index (χ1) is 13.0. The molecular formula is C19H20F3N3O2. The molecule has 0 aliphatic carbocycles. The Balaban J connectivity index is 1.46. The Bertz CT molecular complexity index is 763. The van der Waals surface area contributed by atoms with Gasteiger partial charge in [0.05, 0.1) is 12.2 Å². The second-order valence-electron chi connectivity index (χ2n) is 6.17. The third kappa shape index (κ3) is 5.37. The molecule has 2 aromatic rings. The summed E-state index contributed by atoms with van der Waals surface area (Å²) < 4.78 is 42.4. The van der Waals surface area contributed by atoms with Crippen molar-refractivity contribution in [1.82, 2.24) is 4.90 Å². The van der Waals surface area contributed by atoms with Gasteiger partial charge in [0.1, 0.15) is 11.6 Å².